The number of aliphatic carboxylic acids is 1. The maximum atomic E-state index is 12.8. The second-order valence-corrected chi connectivity index (χ2v) is 6.55. The molecule has 7 heteroatoms. The minimum atomic E-state index is -1.02. The van der Waals surface area contributed by atoms with E-state index in [-0.39, 0.29) is 24.4 Å². The van der Waals surface area contributed by atoms with Crippen LogP contribution in [0.25, 0.3) is 0 Å². The van der Waals surface area contributed by atoms with E-state index in [1.165, 1.54) is 11.8 Å². The van der Waals surface area contributed by atoms with E-state index in [0.29, 0.717) is 38.1 Å². The Morgan fingerprint density at radius 2 is 2.04 bits per heavy atom. The van der Waals surface area contributed by atoms with E-state index in [1.807, 2.05) is 18.2 Å². The van der Waals surface area contributed by atoms with E-state index < -0.39 is 5.97 Å². The van der Waals surface area contributed by atoms with Gasteiger partial charge in [-0.05, 0) is 37.0 Å². The number of amides is 2. The van der Waals surface area contributed by atoms with Gasteiger partial charge in [-0.2, -0.15) is 0 Å². The first-order chi connectivity index (χ1) is 12.4. The highest BCUT2D eigenvalue weighted by Gasteiger charge is 2.27. The van der Waals surface area contributed by atoms with Crippen LogP contribution in [0.1, 0.15) is 42.1 Å². The van der Waals surface area contributed by atoms with Crippen molar-refractivity contribution in [2.45, 2.75) is 38.8 Å². The van der Waals surface area contributed by atoms with Crippen molar-refractivity contribution in [3.05, 3.63) is 35.4 Å². The monoisotopic (exact) mass is 362 g/mol. The molecule has 1 atom stereocenters. The van der Waals surface area contributed by atoms with Crippen molar-refractivity contribution in [2.24, 2.45) is 0 Å². The number of nitrogens with zero attached hydrogens (tertiary/aromatic N) is 2. The van der Waals surface area contributed by atoms with Gasteiger partial charge in [-0.3, -0.25) is 14.4 Å². The number of hydrogen-bond donors (Lipinski definition) is 1. The molecule has 1 aliphatic heterocycles. The Bertz CT molecular complexity index is 661. The quantitative estimate of drug-likeness (QED) is 0.833. The van der Waals surface area contributed by atoms with Gasteiger partial charge in [0.05, 0.1) is 6.61 Å². The third kappa shape index (κ3) is 5.29. The first-order valence-electron chi connectivity index (χ1n) is 8.78. The second-order valence-electron chi connectivity index (χ2n) is 6.55. The molecule has 2 rings (SSSR count). The van der Waals surface area contributed by atoms with Crippen molar-refractivity contribution < 1.29 is 24.2 Å². The third-order valence-corrected chi connectivity index (χ3v) is 4.62. The van der Waals surface area contributed by atoms with Crippen molar-refractivity contribution in [1.29, 1.82) is 0 Å². The highest BCUT2D eigenvalue weighted by molar-refractivity contribution is 5.94. The molecule has 142 valence electrons. The molecule has 1 aliphatic rings. The van der Waals surface area contributed by atoms with Crippen LogP contribution in [0, 0.1) is 0 Å². The number of likely N-dealkylation sites (tertiary alicyclic amines) is 1. The van der Waals surface area contributed by atoms with Gasteiger partial charge in [-0.15, -0.1) is 0 Å². The summed E-state index contributed by atoms with van der Waals surface area (Å²) in [6.45, 7) is 2.64. The Morgan fingerprint density at radius 3 is 2.69 bits per heavy atom. The molecule has 1 saturated heterocycles. The maximum absolute atomic E-state index is 12.8. The van der Waals surface area contributed by atoms with Crippen molar-refractivity contribution in [1.82, 2.24) is 9.80 Å². The van der Waals surface area contributed by atoms with Gasteiger partial charge in [0.1, 0.15) is 6.54 Å². The van der Waals surface area contributed by atoms with E-state index in [1.54, 1.807) is 18.1 Å². The summed E-state index contributed by atoms with van der Waals surface area (Å²) in [7, 11) is 1.61. The number of carbonyl (C=O) groups is 3. The van der Waals surface area contributed by atoms with Gasteiger partial charge in [-0.1, -0.05) is 12.1 Å². The number of methoxy groups -OCH3 is 1. The summed E-state index contributed by atoms with van der Waals surface area (Å²) in [5.74, 6) is -1.31. The summed E-state index contributed by atoms with van der Waals surface area (Å²) < 4.78 is 5.11. The normalized spacial score (nSPS) is 17.5. The summed E-state index contributed by atoms with van der Waals surface area (Å²) in [6, 6.07) is 7.22. The van der Waals surface area contributed by atoms with Crippen LogP contribution in [0.4, 0.5) is 0 Å². The molecular formula is C19H26N2O5. The van der Waals surface area contributed by atoms with Gasteiger partial charge in [0.25, 0.3) is 5.91 Å². The Hall–Kier alpha value is -2.41. The predicted molar refractivity (Wildman–Crippen MR) is 95.7 cm³/mol. The van der Waals surface area contributed by atoms with Gasteiger partial charge in [0, 0.05) is 38.7 Å². The summed E-state index contributed by atoms with van der Waals surface area (Å²) in [6.07, 6.45) is 2.01. The van der Waals surface area contributed by atoms with Crippen LogP contribution < -0.4 is 0 Å². The van der Waals surface area contributed by atoms with Crippen LogP contribution in [-0.4, -0.2) is 65.5 Å². The molecule has 1 heterocycles. The molecule has 0 spiro atoms. The fourth-order valence-electron chi connectivity index (χ4n) is 3.38. The highest BCUT2D eigenvalue weighted by Crippen LogP contribution is 2.19. The van der Waals surface area contributed by atoms with Crippen LogP contribution in [0.2, 0.25) is 0 Å². The first-order valence-corrected chi connectivity index (χ1v) is 8.78. The summed E-state index contributed by atoms with van der Waals surface area (Å²) in [4.78, 5) is 38.8. The van der Waals surface area contributed by atoms with Crippen LogP contribution in [0.5, 0.6) is 0 Å². The molecule has 1 aromatic carbocycles. The van der Waals surface area contributed by atoms with Crippen LogP contribution >= 0.6 is 0 Å². The van der Waals surface area contributed by atoms with Crippen molar-refractivity contribution in [2.75, 3.05) is 26.7 Å². The van der Waals surface area contributed by atoms with Crippen LogP contribution in [-0.2, 0) is 20.9 Å². The molecule has 0 bridgehead atoms. The number of hydrogen-bond acceptors (Lipinski definition) is 4. The molecule has 1 aromatic rings. The van der Waals surface area contributed by atoms with E-state index in [2.05, 4.69) is 0 Å². The zero-order valence-corrected chi connectivity index (χ0v) is 15.3. The molecule has 0 aromatic heterocycles. The SMILES string of the molecule is COCc1cccc(C(=O)N2CCC[C@@H](N(CC(=O)O)C(C)=O)CC2)c1. The van der Waals surface area contributed by atoms with Crippen molar-refractivity contribution in [3.63, 3.8) is 0 Å². The lowest BCUT2D eigenvalue weighted by molar-refractivity contribution is -0.145. The summed E-state index contributed by atoms with van der Waals surface area (Å²) in [5, 5.41) is 9.02. The largest absolute Gasteiger partial charge is 0.480 e. The number of carboxylic acid groups (broad SMARTS) is 1. The Kier molecular flexibility index (Phi) is 7.15. The van der Waals surface area contributed by atoms with E-state index >= 15 is 0 Å². The molecule has 0 aliphatic carbocycles. The standard InChI is InChI=1S/C19H26N2O5/c1-14(22)21(12-18(23)24)17-7-4-9-20(10-8-17)19(25)16-6-3-5-15(11-16)13-26-2/h3,5-6,11,17H,4,7-10,12-13H2,1-2H3,(H,23,24)/t17-/m1/s1. The highest BCUT2D eigenvalue weighted by atomic mass is 16.5. The molecule has 1 N–H and O–H groups in total. The first kappa shape index (κ1) is 19.9. The third-order valence-electron chi connectivity index (χ3n) is 4.62. The molecule has 0 unspecified atom stereocenters. The topological polar surface area (TPSA) is 87.2 Å². The molecule has 0 radical (unpaired) electrons. The number of carboxylic acids is 1. The van der Waals surface area contributed by atoms with Crippen molar-refractivity contribution >= 4 is 17.8 Å². The Balaban J connectivity index is 2.05. The van der Waals surface area contributed by atoms with E-state index in [9.17, 15) is 14.4 Å². The number of ether oxygens (including phenoxy) is 1. The Labute approximate surface area is 153 Å². The maximum Gasteiger partial charge on any atom is 0.323 e. The average Bonchev–Trinajstić information content (AvgIpc) is 2.85. The lowest BCUT2D eigenvalue weighted by atomic mass is 10.1. The van der Waals surface area contributed by atoms with Crippen LogP contribution in [0.15, 0.2) is 24.3 Å². The second kappa shape index (κ2) is 9.33. The Morgan fingerprint density at radius 1 is 1.27 bits per heavy atom. The summed E-state index contributed by atoms with van der Waals surface area (Å²) >= 11 is 0. The van der Waals surface area contributed by atoms with E-state index in [0.717, 1.165) is 12.0 Å². The number of rotatable bonds is 6. The molecule has 26 heavy (non-hydrogen) atoms. The van der Waals surface area contributed by atoms with Gasteiger partial charge in [0.15, 0.2) is 0 Å². The molecule has 2 amide bonds. The fraction of sp³-hybridized carbons (Fsp3) is 0.526. The summed E-state index contributed by atoms with van der Waals surface area (Å²) in [5.41, 5.74) is 1.56. The smallest absolute Gasteiger partial charge is 0.323 e. The zero-order chi connectivity index (χ0) is 19.1. The minimum Gasteiger partial charge on any atom is -0.480 e. The van der Waals surface area contributed by atoms with Gasteiger partial charge in [-0.25, -0.2) is 0 Å². The number of benzene rings is 1. The lowest BCUT2D eigenvalue weighted by Gasteiger charge is -2.28. The zero-order valence-electron chi connectivity index (χ0n) is 15.3. The van der Waals surface area contributed by atoms with Gasteiger partial charge in [0.2, 0.25) is 5.91 Å². The average molecular weight is 362 g/mol. The lowest BCUT2D eigenvalue weighted by Crippen LogP contribution is -2.43. The number of carbonyl (C=O) groups excluding carboxylic acids is 2. The van der Waals surface area contributed by atoms with Gasteiger partial charge >= 0.3 is 5.97 Å². The van der Waals surface area contributed by atoms with E-state index in [4.69, 9.17) is 9.84 Å². The molecule has 7 nitrogen and oxygen atoms in total. The molecular weight excluding hydrogens is 336 g/mol. The minimum absolute atomic E-state index is 0.0452. The van der Waals surface area contributed by atoms with Gasteiger partial charge < -0.3 is 19.6 Å². The molecule has 0 saturated carbocycles. The fourth-order valence-corrected chi connectivity index (χ4v) is 3.38. The van der Waals surface area contributed by atoms with Crippen LogP contribution in [0.3, 0.4) is 0 Å². The predicted octanol–water partition coefficient (Wildman–Crippen LogP) is 1.76. The van der Waals surface area contributed by atoms with Crippen molar-refractivity contribution in [3.8, 4) is 0 Å². The molecule has 1 fully saturated rings.